The summed E-state index contributed by atoms with van der Waals surface area (Å²) in [6, 6.07) is 12.2. The van der Waals surface area contributed by atoms with Crippen molar-refractivity contribution in [2.45, 2.75) is 89.8 Å². The summed E-state index contributed by atoms with van der Waals surface area (Å²) in [5.74, 6) is -1.24. The van der Waals surface area contributed by atoms with Gasteiger partial charge in [0.05, 0.1) is 23.4 Å². The van der Waals surface area contributed by atoms with E-state index in [2.05, 4.69) is 6.07 Å². The van der Waals surface area contributed by atoms with Crippen LogP contribution in [-0.2, 0) is 26.2 Å². The Morgan fingerprint density at radius 3 is 2.49 bits per heavy atom. The molecule has 2 heterocycles. The molecule has 2 aromatic carbocycles. The Labute approximate surface area is 241 Å². The van der Waals surface area contributed by atoms with E-state index in [0.717, 1.165) is 36.1 Å². The van der Waals surface area contributed by atoms with Crippen LogP contribution in [0.25, 0.3) is 11.1 Å². The lowest BCUT2D eigenvalue weighted by atomic mass is 9.85. The lowest BCUT2D eigenvalue weighted by Gasteiger charge is -2.35. The number of benzene rings is 2. The number of Topliss-reactive ketones (excluding diaryl/α,β-unsaturated/α-hetero) is 1. The zero-order chi connectivity index (χ0) is 29.9. The fourth-order valence-electron chi connectivity index (χ4n) is 6.83. The van der Waals surface area contributed by atoms with Crippen LogP contribution in [0.2, 0.25) is 0 Å². The number of carbonyl (C=O) groups excluding carboxylic acids is 3. The molecule has 4 atom stereocenters. The molecule has 5 rings (SSSR count). The highest BCUT2D eigenvalue weighted by molar-refractivity contribution is 6.07. The number of ketones is 1. The number of carbonyl (C=O) groups is 3. The summed E-state index contributed by atoms with van der Waals surface area (Å²) in [5.41, 5.74) is 2.29. The van der Waals surface area contributed by atoms with E-state index in [0.29, 0.717) is 11.1 Å². The van der Waals surface area contributed by atoms with Crippen LogP contribution in [0, 0.1) is 29.0 Å². The number of rotatable bonds is 6. The van der Waals surface area contributed by atoms with Crippen LogP contribution in [0.4, 0.5) is 14.9 Å². The molecule has 2 amide bonds. The molecule has 3 aliphatic rings. The van der Waals surface area contributed by atoms with E-state index in [1.54, 1.807) is 49.8 Å². The van der Waals surface area contributed by atoms with E-state index in [9.17, 15) is 19.6 Å². The molecule has 0 radical (unpaired) electrons. The molecule has 2 aromatic rings. The van der Waals surface area contributed by atoms with Gasteiger partial charge in [-0.15, -0.1) is 0 Å². The maximum Gasteiger partial charge on any atom is 0.411 e. The molecule has 0 N–H and O–H groups in total. The average molecular weight is 560 g/mol. The fourth-order valence-corrected chi connectivity index (χ4v) is 6.83. The quantitative estimate of drug-likeness (QED) is 0.422. The van der Waals surface area contributed by atoms with E-state index in [-0.39, 0.29) is 36.5 Å². The molecule has 41 heavy (non-hydrogen) atoms. The second kappa shape index (κ2) is 10.3. The number of fused-ring (bicyclic) bond motifs is 3. The number of amides is 2. The second-order valence-electron chi connectivity index (χ2n) is 13.3. The van der Waals surface area contributed by atoms with E-state index in [4.69, 9.17) is 4.74 Å². The summed E-state index contributed by atoms with van der Waals surface area (Å²) >= 11 is 0. The molecule has 8 heteroatoms. The van der Waals surface area contributed by atoms with Crippen molar-refractivity contribution in [1.29, 1.82) is 5.26 Å². The maximum atomic E-state index is 15.3. The molecule has 216 valence electrons. The molecule has 1 saturated carbocycles. The van der Waals surface area contributed by atoms with Crippen LogP contribution in [-0.4, -0.2) is 47.4 Å². The Kier molecular flexibility index (Phi) is 7.21. The number of nitriles is 1. The molecular weight excluding hydrogens is 521 g/mol. The first-order chi connectivity index (χ1) is 19.2. The van der Waals surface area contributed by atoms with Crippen LogP contribution < -0.4 is 4.90 Å². The number of likely N-dealkylation sites (tertiary alicyclic amines) is 1. The number of nitrogens with zero attached hydrogens (tertiary/aromatic N) is 3. The van der Waals surface area contributed by atoms with Crippen molar-refractivity contribution in [2.75, 3.05) is 11.9 Å². The highest BCUT2D eigenvalue weighted by atomic mass is 19.1. The van der Waals surface area contributed by atoms with Gasteiger partial charge >= 0.3 is 6.09 Å². The largest absolute Gasteiger partial charge is 0.444 e. The Morgan fingerprint density at radius 2 is 1.83 bits per heavy atom. The minimum atomic E-state index is -0.718. The van der Waals surface area contributed by atoms with Gasteiger partial charge in [0.15, 0.2) is 5.78 Å². The number of hydrogen-bond donors (Lipinski definition) is 0. The van der Waals surface area contributed by atoms with Crippen LogP contribution in [0.5, 0.6) is 0 Å². The van der Waals surface area contributed by atoms with Crippen LogP contribution in [0.3, 0.4) is 0 Å². The predicted octanol–water partition coefficient (Wildman–Crippen LogP) is 6.18. The van der Waals surface area contributed by atoms with Gasteiger partial charge in [0.25, 0.3) is 0 Å². The number of piperidine rings is 1. The van der Waals surface area contributed by atoms with Gasteiger partial charge in [0, 0.05) is 25.2 Å². The van der Waals surface area contributed by atoms with Crippen molar-refractivity contribution in [1.82, 2.24) is 4.90 Å². The SMILES string of the molecule is CN1C(=O)C(C)(C)c2ccc(-c3ccc(C[C@@H](C#N)CC(=O)[C@@H]4[C@H]5CC[C@H](C5)N4C(=O)OC(C)(C)C)c(F)c3)cc21. The fraction of sp³-hybridized carbons (Fsp3) is 0.515. The summed E-state index contributed by atoms with van der Waals surface area (Å²) < 4.78 is 20.9. The van der Waals surface area contributed by atoms with Crippen molar-refractivity contribution in [3.63, 3.8) is 0 Å². The number of ether oxygens (including phenoxy) is 1. The smallest absolute Gasteiger partial charge is 0.411 e. The first-order valence-electron chi connectivity index (χ1n) is 14.4. The molecule has 2 aliphatic heterocycles. The number of anilines is 1. The zero-order valence-corrected chi connectivity index (χ0v) is 24.7. The molecule has 1 saturated heterocycles. The van der Waals surface area contributed by atoms with Crippen molar-refractivity contribution < 1.29 is 23.5 Å². The van der Waals surface area contributed by atoms with Crippen molar-refractivity contribution in [3.05, 3.63) is 53.3 Å². The summed E-state index contributed by atoms with van der Waals surface area (Å²) in [4.78, 5) is 42.3. The highest BCUT2D eigenvalue weighted by Gasteiger charge is 2.52. The lowest BCUT2D eigenvalue weighted by molar-refractivity contribution is -0.126. The second-order valence-corrected chi connectivity index (χ2v) is 13.3. The Balaban J connectivity index is 1.30. The van der Waals surface area contributed by atoms with Crippen molar-refractivity contribution in [3.8, 4) is 17.2 Å². The van der Waals surface area contributed by atoms with Gasteiger partial charge in [-0.1, -0.05) is 24.3 Å². The Bertz CT molecular complexity index is 1450. The lowest BCUT2D eigenvalue weighted by Crippen LogP contribution is -2.51. The Morgan fingerprint density at radius 1 is 1.15 bits per heavy atom. The average Bonchev–Trinajstić information content (AvgIpc) is 3.57. The number of halogens is 1. The van der Waals surface area contributed by atoms with Crippen LogP contribution in [0.1, 0.15) is 71.4 Å². The van der Waals surface area contributed by atoms with Gasteiger partial charge < -0.3 is 9.64 Å². The summed E-state index contributed by atoms with van der Waals surface area (Å²) in [6.45, 7) is 9.19. The normalized spacial score (nSPS) is 23.4. The number of likely N-dealkylation sites (N-methyl/N-ethyl adjacent to an activating group) is 1. The standard InChI is InChI=1S/C33H38FN3O4/c1-32(2,3)41-31(40)37-24-11-9-23(15-24)29(37)28(38)14-19(18-35)13-22-8-7-20(16-26(22)34)21-10-12-25-27(17-21)36(6)30(39)33(25,4)5/h7-8,10,12,16-17,19,23-24,29H,9,11,13-15H2,1-6H3/t19-,23+,24-,29+/m1/s1. The van der Waals surface area contributed by atoms with Gasteiger partial charge in [0.2, 0.25) is 5.91 Å². The minimum absolute atomic E-state index is 0.0162. The van der Waals surface area contributed by atoms with Crippen molar-refractivity contribution >= 4 is 23.5 Å². The molecular formula is C33H38FN3O4. The summed E-state index contributed by atoms with van der Waals surface area (Å²) in [5, 5.41) is 9.88. The molecule has 2 bridgehead atoms. The molecule has 7 nitrogen and oxygen atoms in total. The molecule has 0 aromatic heterocycles. The molecule has 0 spiro atoms. The molecule has 1 aliphatic carbocycles. The van der Waals surface area contributed by atoms with Gasteiger partial charge in [-0.25, -0.2) is 9.18 Å². The summed E-state index contributed by atoms with van der Waals surface area (Å²) in [7, 11) is 1.75. The van der Waals surface area contributed by atoms with Gasteiger partial charge in [0.1, 0.15) is 11.4 Å². The van der Waals surface area contributed by atoms with E-state index >= 15 is 4.39 Å². The van der Waals surface area contributed by atoms with Gasteiger partial charge in [-0.3, -0.25) is 14.5 Å². The topological polar surface area (TPSA) is 90.7 Å². The van der Waals surface area contributed by atoms with Gasteiger partial charge in [-0.2, -0.15) is 5.26 Å². The van der Waals surface area contributed by atoms with Crippen molar-refractivity contribution in [2.24, 2.45) is 11.8 Å². The minimum Gasteiger partial charge on any atom is -0.444 e. The van der Waals surface area contributed by atoms with E-state index in [1.165, 1.54) is 6.07 Å². The van der Waals surface area contributed by atoms with Crippen LogP contribution in [0.15, 0.2) is 36.4 Å². The molecule has 0 unspecified atom stereocenters. The zero-order valence-electron chi connectivity index (χ0n) is 24.7. The summed E-state index contributed by atoms with van der Waals surface area (Å²) in [6.07, 6.45) is 2.05. The monoisotopic (exact) mass is 559 g/mol. The highest BCUT2D eigenvalue weighted by Crippen LogP contribution is 2.45. The third-order valence-electron chi connectivity index (χ3n) is 8.87. The number of hydrogen-bond acceptors (Lipinski definition) is 5. The van der Waals surface area contributed by atoms with Crippen LogP contribution >= 0.6 is 0 Å². The first kappa shape index (κ1) is 28.8. The first-order valence-corrected chi connectivity index (χ1v) is 14.4. The Hall–Kier alpha value is -3.73. The molecule has 2 fully saturated rings. The third-order valence-corrected chi connectivity index (χ3v) is 8.87. The predicted molar refractivity (Wildman–Crippen MR) is 154 cm³/mol. The van der Waals surface area contributed by atoms with E-state index in [1.807, 2.05) is 32.0 Å². The van der Waals surface area contributed by atoms with Gasteiger partial charge in [-0.05, 0) is 101 Å². The maximum absolute atomic E-state index is 15.3. The third kappa shape index (κ3) is 5.23. The van der Waals surface area contributed by atoms with E-state index < -0.39 is 34.9 Å².